The zero-order chi connectivity index (χ0) is 8.93. The number of Topliss-reactive ketones (excluding diaryl/α,β-unsaturated/α-hetero) is 2. The van der Waals surface area contributed by atoms with Gasteiger partial charge in [0.2, 0.25) is 0 Å². The summed E-state index contributed by atoms with van der Waals surface area (Å²) >= 11 is 0. The van der Waals surface area contributed by atoms with E-state index in [4.69, 9.17) is 0 Å². The molecule has 2 rings (SSSR count). The molecule has 0 amide bonds. The van der Waals surface area contributed by atoms with Crippen LogP contribution in [0.2, 0.25) is 0 Å². The zero-order valence-corrected chi connectivity index (χ0v) is 7.04. The Bertz CT molecular complexity index is 258. The Labute approximate surface area is 70.8 Å². The fourth-order valence-electron chi connectivity index (χ4n) is 2.28. The fraction of sp³-hybridized carbons (Fsp3) is 0.778. The van der Waals surface area contributed by atoms with Crippen LogP contribution in [0.1, 0.15) is 26.2 Å². The van der Waals surface area contributed by atoms with Crippen molar-refractivity contribution in [1.29, 1.82) is 0 Å². The first-order valence-electron chi connectivity index (χ1n) is 4.31. The lowest BCUT2D eigenvalue weighted by Crippen LogP contribution is -2.39. The number of fused-ring (bicyclic) bond motifs is 2. The molecule has 1 N–H and O–H groups in total. The van der Waals surface area contributed by atoms with Gasteiger partial charge in [-0.25, -0.2) is 0 Å². The molecule has 2 aliphatic carbocycles. The topological polar surface area (TPSA) is 54.4 Å². The molecule has 0 aliphatic heterocycles. The van der Waals surface area contributed by atoms with Crippen molar-refractivity contribution in [3.63, 3.8) is 0 Å². The van der Waals surface area contributed by atoms with Crippen molar-refractivity contribution in [3.8, 4) is 0 Å². The van der Waals surface area contributed by atoms with Gasteiger partial charge in [0.25, 0.3) is 0 Å². The first-order chi connectivity index (χ1) is 5.55. The quantitative estimate of drug-likeness (QED) is 0.529. The second kappa shape index (κ2) is 2.16. The highest BCUT2D eigenvalue weighted by atomic mass is 16.3. The lowest BCUT2D eigenvalue weighted by Gasteiger charge is -2.28. The number of ketones is 2. The van der Waals surface area contributed by atoms with Crippen LogP contribution < -0.4 is 0 Å². The molecular formula is C9H12O3. The van der Waals surface area contributed by atoms with E-state index in [1.807, 2.05) is 0 Å². The van der Waals surface area contributed by atoms with Crippen LogP contribution in [0.15, 0.2) is 0 Å². The Morgan fingerprint density at radius 2 is 2.17 bits per heavy atom. The molecule has 2 aliphatic rings. The predicted molar refractivity (Wildman–Crippen MR) is 41.5 cm³/mol. The third kappa shape index (κ3) is 0.746. The van der Waals surface area contributed by atoms with Crippen molar-refractivity contribution >= 4 is 11.6 Å². The highest BCUT2D eigenvalue weighted by Crippen LogP contribution is 2.45. The molecule has 12 heavy (non-hydrogen) atoms. The number of hydrogen-bond donors (Lipinski definition) is 1. The molecule has 3 unspecified atom stereocenters. The smallest absolute Gasteiger partial charge is 0.152 e. The summed E-state index contributed by atoms with van der Waals surface area (Å²) < 4.78 is 0. The Balaban J connectivity index is 2.40. The number of carbonyl (C=O) groups excluding carboxylic acids is 2. The molecule has 2 fully saturated rings. The maximum Gasteiger partial charge on any atom is 0.152 e. The molecule has 0 aromatic heterocycles. The minimum absolute atomic E-state index is 0.0223. The molecule has 0 radical (unpaired) electrons. The molecule has 3 nitrogen and oxygen atoms in total. The lowest BCUT2D eigenvalue weighted by molar-refractivity contribution is -0.139. The second-order valence-electron chi connectivity index (χ2n) is 4.04. The van der Waals surface area contributed by atoms with E-state index in [0.29, 0.717) is 12.8 Å². The normalized spacial score (nSPS) is 46.8. The molecule has 0 aromatic carbocycles. The van der Waals surface area contributed by atoms with Gasteiger partial charge in [0.1, 0.15) is 5.78 Å². The van der Waals surface area contributed by atoms with Gasteiger partial charge < -0.3 is 5.11 Å². The highest BCUT2D eigenvalue weighted by Gasteiger charge is 2.56. The van der Waals surface area contributed by atoms with Crippen LogP contribution >= 0.6 is 0 Å². The Morgan fingerprint density at radius 1 is 1.50 bits per heavy atom. The average molecular weight is 168 g/mol. The summed E-state index contributed by atoms with van der Waals surface area (Å²) in [7, 11) is 0. The number of carbonyl (C=O) groups is 2. The van der Waals surface area contributed by atoms with Gasteiger partial charge in [0.15, 0.2) is 5.78 Å². The molecule has 0 spiro atoms. The van der Waals surface area contributed by atoms with Crippen molar-refractivity contribution in [2.45, 2.75) is 32.3 Å². The number of aliphatic hydroxyl groups is 1. The van der Waals surface area contributed by atoms with Gasteiger partial charge in [0.05, 0.1) is 17.4 Å². The van der Waals surface area contributed by atoms with Gasteiger partial charge in [-0.15, -0.1) is 0 Å². The summed E-state index contributed by atoms with van der Waals surface area (Å²) in [5, 5.41) is 9.43. The van der Waals surface area contributed by atoms with Crippen LogP contribution in [-0.4, -0.2) is 22.8 Å². The molecular weight excluding hydrogens is 156 g/mol. The van der Waals surface area contributed by atoms with Crippen LogP contribution in [0.3, 0.4) is 0 Å². The van der Waals surface area contributed by atoms with Crippen LogP contribution in [0, 0.1) is 11.3 Å². The number of rotatable bonds is 0. The summed E-state index contributed by atoms with van der Waals surface area (Å²) in [6.07, 6.45) is 0.814. The first-order valence-corrected chi connectivity index (χ1v) is 4.31. The minimum atomic E-state index is -0.746. The lowest BCUT2D eigenvalue weighted by atomic mass is 9.75. The van der Waals surface area contributed by atoms with E-state index in [2.05, 4.69) is 0 Å². The molecule has 66 valence electrons. The molecule has 0 aromatic rings. The van der Waals surface area contributed by atoms with Crippen molar-refractivity contribution in [3.05, 3.63) is 0 Å². The molecule has 2 bridgehead atoms. The van der Waals surface area contributed by atoms with Gasteiger partial charge >= 0.3 is 0 Å². The standard InChI is InChI=1S/C9H12O3/c1-9-3-2-6(10)5(8(9)12)4-7(9)11/h5-6,10H,2-4H2,1H3. The maximum atomic E-state index is 11.5. The summed E-state index contributed by atoms with van der Waals surface area (Å²) in [5.41, 5.74) is -0.746. The van der Waals surface area contributed by atoms with Crippen molar-refractivity contribution in [1.82, 2.24) is 0 Å². The molecule has 3 atom stereocenters. The Morgan fingerprint density at radius 3 is 2.75 bits per heavy atom. The van der Waals surface area contributed by atoms with Crippen LogP contribution in [0.4, 0.5) is 0 Å². The molecule has 2 saturated carbocycles. The summed E-state index contributed by atoms with van der Waals surface area (Å²) in [4.78, 5) is 23.0. The third-order valence-corrected chi connectivity index (χ3v) is 3.31. The van der Waals surface area contributed by atoms with Crippen molar-refractivity contribution in [2.75, 3.05) is 0 Å². The van der Waals surface area contributed by atoms with Crippen LogP contribution in [0.5, 0.6) is 0 Å². The maximum absolute atomic E-state index is 11.5. The van der Waals surface area contributed by atoms with Crippen molar-refractivity contribution < 1.29 is 14.7 Å². The van der Waals surface area contributed by atoms with E-state index in [1.165, 1.54) is 0 Å². The van der Waals surface area contributed by atoms with E-state index < -0.39 is 17.4 Å². The van der Waals surface area contributed by atoms with Crippen LogP contribution in [0.25, 0.3) is 0 Å². The first kappa shape index (κ1) is 7.92. The molecule has 0 heterocycles. The van der Waals surface area contributed by atoms with Gasteiger partial charge in [-0.1, -0.05) is 0 Å². The van der Waals surface area contributed by atoms with Gasteiger partial charge in [0, 0.05) is 6.42 Å². The average Bonchev–Trinajstić information content (AvgIpc) is 2.17. The van der Waals surface area contributed by atoms with E-state index in [1.54, 1.807) is 6.92 Å². The zero-order valence-electron chi connectivity index (χ0n) is 7.04. The summed E-state index contributed by atoms with van der Waals surface area (Å²) in [6.45, 7) is 1.71. The Kier molecular flexibility index (Phi) is 1.43. The molecule has 0 saturated heterocycles. The SMILES string of the molecule is CC12CCC(O)C(CC1=O)C2=O. The highest BCUT2D eigenvalue weighted by molar-refractivity contribution is 6.14. The second-order valence-corrected chi connectivity index (χ2v) is 4.04. The summed E-state index contributed by atoms with van der Waals surface area (Å²) in [5.74, 6) is -0.406. The van der Waals surface area contributed by atoms with Gasteiger partial charge in [-0.05, 0) is 19.8 Å². The Hall–Kier alpha value is -0.700. The monoisotopic (exact) mass is 168 g/mol. The predicted octanol–water partition coefficient (Wildman–Crippen LogP) is 0.305. The molecule has 3 heteroatoms. The van der Waals surface area contributed by atoms with Crippen LogP contribution in [-0.2, 0) is 9.59 Å². The fourth-order valence-corrected chi connectivity index (χ4v) is 2.28. The summed E-state index contributed by atoms with van der Waals surface area (Å²) in [6, 6.07) is 0. The van der Waals surface area contributed by atoms with Gasteiger partial charge in [-0.3, -0.25) is 9.59 Å². The van der Waals surface area contributed by atoms with E-state index in [-0.39, 0.29) is 18.0 Å². The van der Waals surface area contributed by atoms with E-state index >= 15 is 0 Å². The minimum Gasteiger partial charge on any atom is -0.392 e. The van der Waals surface area contributed by atoms with Crippen molar-refractivity contribution in [2.24, 2.45) is 11.3 Å². The number of hydrogen-bond acceptors (Lipinski definition) is 3. The largest absolute Gasteiger partial charge is 0.392 e. The number of aliphatic hydroxyl groups excluding tert-OH is 1. The third-order valence-electron chi connectivity index (χ3n) is 3.31. The van der Waals surface area contributed by atoms with E-state index in [9.17, 15) is 14.7 Å². The van der Waals surface area contributed by atoms with Gasteiger partial charge in [-0.2, -0.15) is 0 Å². The van der Waals surface area contributed by atoms with E-state index in [0.717, 1.165) is 0 Å².